The third-order valence-electron chi connectivity index (χ3n) is 1.89. The van der Waals surface area contributed by atoms with E-state index in [0.29, 0.717) is 11.9 Å². The van der Waals surface area contributed by atoms with Gasteiger partial charge in [-0.1, -0.05) is 13.8 Å². The second kappa shape index (κ2) is 4.12. The van der Waals surface area contributed by atoms with E-state index in [0.717, 1.165) is 11.4 Å². The molecule has 0 aliphatic rings. The third kappa shape index (κ3) is 2.93. The fraction of sp³-hybridized carbons (Fsp3) is 0.500. The first kappa shape index (κ1) is 9.84. The molecule has 0 aliphatic heterocycles. The highest BCUT2D eigenvalue weighted by atomic mass is 15.0. The van der Waals surface area contributed by atoms with Crippen molar-refractivity contribution in [3.05, 3.63) is 18.0 Å². The summed E-state index contributed by atoms with van der Waals surface area (Å²) in [7, 11) is 0. The molecule has 0 radical (unpaired) electrons. The van der Waals surface area contributed by atoms with E-state index in [-0.39, 0.29) is 0 Å². The van der Waals surface area contributed by atoms with Gasteiger partial charge >= 0.3 is 0 Å². The molecule has 0 aliphatic carbocycles. The molecule has 1 heterocycles. The molecule has 1 aromatic rings. The van der Waals surface area contributed by atoms with Crippen molar-refractivity contribution in [1.82, 2.24) is 9.97 Å². The van der Waals surface area contributed by atoms with Gasteiger partial charge in [0, 0.05) is 17.6 Å². The summed E-state index contributed by atoms with van der Waals surface area (Å²) in [5.74, 6) is 1.01. The van der Waals surface area contributed by atoms with Crippen molar-refractivity contribution in [3.8, 4) is 0 Å². The summed E-state index contributed by atoms with van der Waals surface area (Å²) in [5.41, 5.74) is 2.01. The Morgan fingerprint density at radius 3 is 2.69 bits per heavy atom. The van der Waals surface area contributed by atoms with Gasteiger partial charge in [-0.25, -0.2) is 15.0 Å². The van der Waals surface area contributed by atoms with Gasteiger partial charge in [-0.3, -0.25) is 0 Å². The van der Waals surface area contributed by atoms with Gasteiger partial charge in [-0.05, 0) is 25.8 Å². The number of hydrogen-bond donors (Lipinski definition) is 0. The Kier molecular flexibility index (Phi) is 3.12. The summed E-state index contributed by atoms with van der Waals surface area (Å²) in [6.07, 6.45) is 1.73. The van der Waals surface area contributed by atoms with Crippen molar-refractivity contribution in [2.75, 3.05) is 0 Å². The second-order valence-corrected chi connectivity index (χ2v) is 3.41. The van der Waals surface area contributed by atoms with Crippen LogP contribution >= 0.6 is 0 Å². The summed E-state index contributed by atoms with van der Waals surface area (Å²) < 4.78 is 0. The number of aliphatic imine (C=N–C) groups is 1. The predicted octanol–water partition coefficient (Wildman–Crippen LogP) is 2.53. The molecule has 0 amide bonds. The van der Waals surface area contributed by atoms with E-state index in [1.165, 1.54) is 0 Å². The van der Waals surface area contributed by atoms with Crippen molar-refractivity contribution >= 4 is 11.7 Å². The largest absolute Gasteiger partial charge is 0.249 e. The maximum Gasteiger partial charge on any atom is 0.249 e. The molecule has 1 rings (SSSR count). The van der Waals surface area contributed by atoms with Crippen LogP contribution in [0.15, 0.2) is 17.3 Å². The zero-order valence-corrected chi connectivity index (χ0v) is 8.57. The van der Waals surface area contributed by atoms with Crippen LogP contribution in [-0.2, 0) is 0 Å². The molecule has 70 valence electrons. The van der Waals surface area contributed by atoms with Gasteiger partial charge in [-0.2, -0.15) is 0 Å². The Morgan fingerprint density at radius 2 is 2.15 bits per heavy atom. The normalized spacial score (nSPS) is 12.2. The summed E-state index contributed by atoms with van der Waals surface area (Å²) in [5, 5.41) is 0. The van der Waals surface area contributed by atoms with Crippen molar-refractivity contribution in [2.45, 2.75) is 27.7 Å². The van der Waals surface area contributed by atoms with Crippen LogP contribution in [0.4, 0.5) is 5.95 Å². The van der Waals surface area contributed by atoms with E-state index >= 15 is 0 Å². The van der Waals surface area contributed by atoms with Gasteiger partial charge < -0.3 is 0 Å². The molecular weight excluding hydrogens is 162 g/mol. The SMILES string of the molecule is CC(=Nc1nccc(C)n1)C(C)C. The lowest BCUT2D eigenvalue weighted by atomic mass is 10.1. The van der Waals surface area contributed by atoms with Gasteiger partial charge in [0.1, 0.15) is 0 Å². The van der Waals surface area contributed by atoms with Crippen molar-refractivity contribution in [3.63, 3.8) is 0 Å². The number of nitrogens with zero attached hydrogens (tertiary/aromatic N) is 3. The Balaban J connectivity index is 2.91. The Hall–Kier alpha value is -1.25. The fourth-order valence-corrected chi connectivity index (χ4v) is 0.776. The average molecular weight is 177 g/mol. The highest BCUT2D eigenvalue weighted by molar-refractivity contribution is 5.85. The molecule has 0 atom stereocenters. The van der Waals surface area contributed by atoms with Crippen molar-refractivity contribution in [2.24, 2.45) is 10.9 Å². The first-order chi connectivity index (χ1) is 6.09. The Morgan fingerprint density at radius 1 is 1.46 bits per heavy atom. The Bertz CT molecular complexity index is 316. The highest BCUT2D eigenvalue weighted by Crippen LogP contribution is 2.07. The second-order valence-electron chi connectivity index (χ2n) is 3.41. The van der Waals surface area contributed by atoms with Crippen LogP contribution in [0.5, 0.6) is 0 Å². The summed E-state index contributed by atoms with van der Waals surface area (Å²) >= 11 is 0. The topological polar surface area (TPSA) is 38.1 Å². The lowest BCUT2D eigenvalue weighted by molar-refractivity contribution is 0.874. The van der Waals surface area contributed by atoms with E-state index in [2.05, 4.69) is 28.8 Å². The molecule has 0 aromatic carbocycles. The van der Waals surface area contributed by atoms with Gasteiger partial charge in [0.15, 0.2) is 0 Å². The van der Waals surface area contributed by atoms with Crippen molar-refractivity contribution < 1.29 is 0 Å². The minimum absolute atomic E-state index is 0.448. The van der Waals surface area contributed by atoms with Crippen LogP contribution in [0.1, 0.15) is 26.5 Å². The third-order valence-corrected chi connectivity index (χ3v) is 1.89. The summed E-state index contributed by atoms with van der Waals surface area (Å²) in [4.78, 5) is 12.6. The van der Waals surface area contributed by atoms with Gasteiger partial charge in [0.05, 0.1) is 0 Å². The van der Waals surface area contributed by atoms with E-state index < -0.39 is 0 Å². The molecule has 0 bridgehead atoms. The van der Waals surface area contributed by atoms with Gasteiger partial charge in [0.2, 0.25) is 5.95 Å². The molecule has 3 nitrogen and oxygen atoms in total. The monoisotopic (exact) mass is 177 g/mol. The molecule has 1 aromatic heterocycles. The quantitative estimate of drug-likeness (QED) is 0.651. The number of rotatable bonds is 2. The minimum atomic E-state index is 0.448. The van der Waals surface area contributed by atoms with E-state index in [4.69, 9.17) is 0 Å². The number of aryl methyl sites for hydroxylation is 1. The van der Waals surface area contributed by atoms with Crippen LogP contribution in [0.2, 0.25) is 0 Å². The molecule has 0 N–H and O–H groups in total. The maximum atomic E-state index is 4.31. The summed E-state index contributed by atoms with van der Waals surface area (Å²) in [6.45, 7) is 8.14. The van der Waals surface area contributed by atoms with Crippen LogP contribution in [0.25, 0.3) is 0 Å². The minimum Gasteiger partial charge on any atom is -0.221 e. The lowest BCUT2D eigenvalue weighted by Gasteiger charge is -2.02. The predicted molar refractivity (Wildman–Crippen MR) is 54.4 cm³/mol. The van der Waals surface area contributed by atoms with Gasteiger partial charge in [0.25, 0.3) is 0 Å². The Labute approximate surface area is 79.0 Å². The van der Waals surface area contributed by atoms with Crippen LogP contribution in [-0.4, -0.2) is 15.7 Å². The smallest absolute Gasteiger partial charge is 0.221 e. The molecule has 0 spiro atoms. The van der Waals surface area contributed by atoms with E-state index in [9.17, 15) is 0 Å². The highest BCUT2D eigenvalue weighted by Gasteiger charge is 1.99. The van der Waals surface area contributed by atoms with Crippen LogP contribution < -0.4 is 0 Å². The maximum absolute atomic E-state index is 4.31. The van der Waals surface area contributed by atoms with E-state index in [1.807, 2.05) is 19.9 Å². The molecule has 0 saturated heterocycles. The zero-order valence-electron chi connectivity index (χ0n) is 8.57. The molecule has 0 fully saturated rings. The molecule has 3 heteroatoms. The standard InChI is InChI=1S/C10H15N3/c1-7(2)9(4)13-10-11-6-5-8(3)12-10/h5-7H,1-4H3. The van der Waals surface area contributed by atoms with Crippen LogP contribution in [0.3, 0.4) is 0 Å². The first-order valence-electron chi connectivity index (χ1n) is 4.44. The molecule has 13 heavy (non-hydrogen) atoms. The zero-order chi connectivity index (χ0) is 9.84. The lowest BCUT2D eigenvalue weighted by Crippen LogP contribution is -2.01. The molecule has 0 unspecified atom stereocenters. The molecular formula is C10H15N3. The van der Waals surface area contributed by atoms with Crippen LogP contribution in [0, 0.1) is 12.8 Å². The first-order valence-corrected chi connectivity index (χ1v) is 4.44. The van der Waals surface area contributed by atoms with Gasteiger partial charge in [-0.15, -0.1) is 0 Å². The van der Waals surface area contributed by atoms with Crippen molar-refractivity contribution in [1.29, 1.82) is 0 Å². The average Bonchev–Trinajstić information content (AvgIpc) is 2.04. The number of aromatic nitrogens is 2. The number of hydrogen-bond acceptors (Lipinski definition) is 3. The molecule has 0 saturated carbocycles. The fourth-order valence-electron chi connectivity index (χ4n) is 0.776. The van der Waals surface area contributed by atoms with E-state index in [1.54, 1.807) is 6.20 Å². The summed E-state index contributed by atoms with van der Waals surface area (Å²) in [6, 6.07) is 1.86.